The van der Waals surface area contributed by atoms with E-state index in [0.717, 1.165) is 0 Å². The zero-order valence-corrected chi connectivity index (χ0v) is 22.0. The summed E-state index contributed by atoms with van der Waals surface area (Å²) >= 11 is 0. The SMILES string of the molecule is CC(C)C[C@H]1C(=N[C@H](C(=O)OC(C)(C)C)C(C)C)NC(=O)CN1C(=O)C(N)COC(C)(C)C. The number of piperazine rings is 1. The predicted octanol–water partition coefficient (Wildman–Crippen LogP) is 2.27. The first-order chi connectivity index (χ1) is 14.9. The van der Waals surface area contributed by atoms with Gasteiger partial charge in [-0.2, -0.15) is 0 Å². The molecule has 1 aliphatic heterocycles. The lowest BCUT2D eigenvalue weighted by Gasteiger charge is -2.39. The van der Waals surface area contributed by atoms with Crippen LogP contribution in [0.25, 0.3) is 0 Å². The lowest BCUT2D eigenvalue weighted by atomic mass is 9.97. The molecule has 1 rings (SSSR count). The number of nitrogens with two attached hydrogens (primary N) is 1. The van der Waals surface area contributed by atoms with Crippen LogP contribution in [0.5, 0.6) is 0 Å². The number of rotatable bonds is 8. The second-order valence-electron chi connectivity index (χ2n) is 11.4. The molecule has 1 unspecified atom stereocenters. The number of hydrogen-bond donors (Lipinski definition) is 2. The van der Waals surface area contributed by atoms with E-state index in [1.807, 2.05) is 48.5 Å². The largest absolute Gasteiger partial charge is 0.458 e. The molecular weight excluding hydrogens is 424 g/mol. The number of nitrogens with one attached hydrogen (secondary N) is 1. The van der Waals surface area contributed by atoms with Crippen molar-refractivity contribution < 1.29 is 23.9 Å². The average molecular weight is 469 g/mol. The van der Waals surface area contributed by atoms with Crippen LogP contribution in [0.2, 0.25) is 0 Å². The topological polar surface area (TPSA) is 123 Å². The Balaban J connectivity index is 3.30. The number of esters is 1. The first-order valence-electron chi connectivity index (χ1n) is 11.7. The Morgan fingerprint density at radius 2 is 1.70 bits per heavy atom. The zero-order valence-electron chi connectivity index (χ0n) is 22.0. The molecule has 0 aliphatic carbocycles. The fourth-order valence-electron chi connectivity index (χ4n) is 3.32. The molecule has 0 bridgehead atoms. The van der Waals surface area contributed by atoms with Crippen LogP contribution in [0, 0.1) is 11.8 Å². The molecule has 0 aromatic rings. The van der Waals surface area contributed by atoms with E-state index in [9.17, 15) is 14.4 Å². The van der Waals surface area contributed by atoms with Crippen LogP contribution in [-0.2, 0) is 23.9 Å². The fraction of sp³-hybridized carbons (Fsp3) is 0.833. The molecule has 0 saturated carbocycles. The van der Waals surface area contributed by atoms with Gasteiger partial charge in [-0.3, -0.25) is 14.6 Å². The summed E-state index contributed by atoms with van der Waals surface area (Å²) in [7, 11) is 0. The van der Waals surface area contributed by atoms with Gasteiger partial charge in [0.1, 0.15) is 24.0 Å². The fourth-order valence-corrected chi connectivity index (χ4v) is 3.32. The van der Waals surface area contributed by atoms with Crippen LogP contribution in [0.1, 0.15) is 75.7 Å². The molecule has 1 aliphatic rings. The molecule has 9 heteroatoms. The third-order valence-corrected chi connectivity index (χ3v) is 4.82. The first-order valence-corrected chi connectivity index (χ1v) is 11.7. The van der Waals surface area contributed by atoms with Gasteiger partial charge in [0.25, 0.3) is 0 Å². The predicted molar refractivity (Wildman–Crippen MR) is 129 cm³/mol. The van der Waals surface area contributed by atoms with Gasteiger partial charge in [0.15, 0.2) is 6.04 Å². The van der Waals surface area contributed by atoms with E-state index in [0.29, 0.717) is 12.3 Å². The van der Waals surface area contributed by atoms with E-state index in [-0.39, 0.29) is 36.8 Å². The second kappa shape index (κ2) is 11.4. The Hall–Kier alpha value is -2.00. The number of aliphatic imine (C=N–C) groups is 1. The van der Waals surface area contributed by atoms with Crippen LogP contribution < -0.4 is 11.1 Å². The monoisotopic (exact) mass is 468 g/mol. The smallest absolute Gasteiger partial charge is 0.331 e. The van der Waals surface area contributed by atoms with Crippen LogP contribution >= 0.6 is 0 Å². The van der Waals surface area contributed by atoms with Crippen molar-refractivity contribution in [1.29, 1.82) is 0 Å². The van der Waals surface area contributed by atoms with Crippen molar-refractivity contribution in [2.75, 3.05) is 13.2 Å². The van der Waals surface area contributed by atoms with Crippen LogP contribution in [0.4, 0.5) is 0 Å². The van der Waals surface area contributed by atoms with Gasteiger partial charge < -0.3 is 25.4 Å². The molecule has 1 fully saturated rings. The van der Waals surface area contributed by atoms with Crippen molar-refractivity contribution in [3.05, 3.63) is 0 Å². The first kappa shape index (κ1) is 29.0. The highest BCUT2D eigenvalue weighted by molar-refractivity contribution is 6.07. The molecular formula is C24H44N4O5. The van der Waals surface area contributed by atoms with Crippen molar-refractivity contribution >= 4 is 23.6 Å². The summed E-state index contributed by atoms with van der Waals surface area (Å²) in [6, 6.07) is -2.25. The number of carbonyl (C=O) groups is 3. The van der Waals surface area contributed by atoms with Gasteiger partial charge in [-0.15, -0.1) is 0 Å². The molecule has 3 atom stereocenters. The van der Waals surface area contributed by atoms with Crippen molar-refractivity contribution in [1.82, 2.24) is 10.2 Å². The molecule has 0 radical (unpaired) electrons. The Morgan fingerprint density at radius 3 is 2.15 bits per heavy atom. The maximum atomic E-state index is 13.2. The quantitative estimate of drug-likeness (QED) is 0.527. The van der Waals surface area contributed by atoms with Crippen LogP contribution in [0.3, 0.4) is 0 Å². The summed E-state index contributed by atoms with van der Waals surface area (Å²) < 4.78 is 11.2. The van der Waals surface area contributed by atoms with E-state index in [1.54, 1.807) is 20.8 Å². The number of carbonyl (C=O) groups excluding carboxylic acids is 3. The molecule has 1 saturated heterocycles. The van der Waals surface area contributed by atoms with Gasteiger partial charge in [0.2, 0.25) is 11.8 Å². The minimum atomic E-state index is -0.919. The van der Waals surface area contributed by atoms with Gasteiger partial charge in [-0.1, -0.05) is 27.7 Å². The molecule has 0 spiro atoms. The molecule has 9 nitrogen and oxygen atoms in total. The molecule has 3 N–H and O–H groups in total. The van der Waals surface area contributed by atoms with Crippen molar-refractivity contribution in [3.63, 3.8) is 0 Å². The van der Waals surface area contributed by atoms with Crippen LogP contribution in [-0.4, -0.2) is 71.0 Å². The zero-order chi connectivity index (χ0) is 25.7. The number of ether oxygens (including phenoxy) is 2. The Morgan fingerprint density at radius 1 is 1.12 bits per heavy atom. The lowest BCUT2D eigenvalue weighted by Crippen LogP contribution is -2.63. The van der Waals surface area contributed by atoms with E-state index in [4.69, 9.17) is 15.2 Å². The van der Waals surface area contributed by atoms with Crippen molar-refractivity contribution in [2.24, 2.45) is 22.6 Å². The number of nitrogens with zero attached hydrogens (tertiary/aromatic N) is 2. The van der Waals surface area contributed by atoms with E-state index in [1.165, 1.54) is 4.90 Å². The summed E-state index contributed by atoms with van der Waals surface area (Å²) in [5.41, 5.74) is 5.03. The lowest BCUT2D eigenvalue weighted by molar-refractivity contribution is -0.157. The summed E-state index contributed by atoms with van der Waals surface area (Å²) in [4.78, 5) is 44.7. The van der Waals surface area contributed by atoms with E-state index < -0.39 is 35.3 Å². The molecule has 2 amide bonds. The van der Waals surface area contributed by atoms with Gasteiger partial charge in [-0.25, -0.2) is 4.79 Å². The average Bonchev–Trinajstić information content (AvgIpc) is 2.62. The maximum Gasteiger partial charge on any atom is 0.331 e. The molecule has 33 heavy (non-hydrogen) atoms. The highest BCUT2D eigenvalue weighted by Gasteiger charge is 2.39. The van der Waals surface area contributed by atoms with Gasteiger partial charge in [-0.05, 0) is 59.8 Å². The Labute approximate surface area is 198 Å². The summed E-state index contributed by atoms with van der Waals surface area (Å²) in [6.45, 7) is 18.7. The minimum absolute atomic E-state index is 0.0356. The normalized spacial score (nSPS) is 20.8. The molecule has 0 aromatic carbocycles. The van der Waals surface area contributed by atoms with Gasteiger partial charge >= 0.3 is 5.97 Å². The minimum Gasteiger partial charge on any atom is -0.458 e. The van der Waals surface area contributed by atoms with Gasteiger partial charge in [0, 0.05) is 0 Å². The van der Waals surface area contributed by atoms with Crippen molar-refractivity contribution in [3.8, 4) is 0 Å². The Bertz CT molecular complexity index is 734. The third kappa shape index (κ3) is 9.80. The highest BCUT2D eigenvalue weighted by atomic mass is 16.6. The number of amidine groups is 1. The second-order valence-corrected chi connectivity index (χ2v) is 11.4. The number of hydrogen-bond acceptors (Lipinski definition) is 7. The Kier molecular flexibility index (Phi) is 10.0. The van der Waals surface area contributed by atoms with Crippen LogP contribution in [0.15, 0.2) is 4.99 Å². The summed E-state index contributed by atoms with van der Waals surface area (Å²) in [5, 5.41) is 2.79. The molecule has 1 heterocycles. The van der Waals surface area contributed by atoms with Crippen molar-refractivity contribution in [2.45, 2.75) is 105 Å². The van der Waals surface area contributed by atoms with Gasteiger partial charge in [0.05, 0.1) is 18.2 Å². The van der Waals surface area contributed by atoms with E-state index in [2.05, 4.69) is 10.3 Å². The summed E-state index contributed by atoms with van der Waals surface area (Å²) in [5.74, 6) is -0.907. The maximum absolute atomic E-state index is 13.2. The van der Waals surface area contributed by atoms with E-state index >= 15 is 0 Å². The standard InChI is InChI=1S/C24H44N4O5/c1-14(2)11-17-20(27-19(15(3)4)22(31)33-24(8,9)10)26-18(29)12-28(17)21(30)16(25)13-32-23(5,6)7/h14-17,19H,11-13,25H2,1-10H3,(H,26,27,29)/t16?,17-,19-/m0/s1. The number of amides is 2. The highest BCUT2D eigenvalue weighted by Crippen LogP contribution is 2.21. The molecule has 190 valence electrons. The summed E-state index contributed by atoms with van der Waals surface area (Å²) in [6.07, 6.45) is 0.552. The molecule has 0 aromatic heterocycles. The third-order valence-electron chi connectivity index (χ3n) is 4.82.